The van der Waals surface area contributed by atoms with Gasteiger partial charge in [0, 0.05) is 43.3 Å². The maximum absolute atomic E-state index is 12.4. The second kappa shape index (κ2) is 8.06. The Hall–Kier alpha value is -1.72. The Kier molecular flexibility index (Phi) is 6.71. The van der Waals surface area contributed by atoms with Crippen molar-refractivity contribution in [2.45, 2.75) is 25.8 Å². The molecule has 120 valence electrons. The van der Waals surface area contributed by atoms with Gasteiger partial charge in [0.15, 0.2) is 0 Å². The van der Waals surface area contributed by atoms with Crippen molar-refractivity contribution < 1.29 is 4.79 Å². The number of carbonyl (C=O) groups excluding carboxylic acids is 1. The summed E-state index contributed by atoms with van der Waals surface area (Å²) in [7, 11) is 0. The number of amides is 1. The predicted octanol–water partition coefficient (Wildman–Crippen LogP) is 2.68. The van der Waals surface area contributed by atoms with E-state index in [4.69, 9.17) is 5.73 Å². The van der Waals surface area contributed by atoms with Crippen LogP contribution in [-0.4, -0.2) is 22.2 Å². The maximum Gasteiger partial charge on any atom is 0.228 e. The van der Waals surface area contributed by atoms with Crippen LogP contribution in [0.4, 0.5) is 11.4 Å². The zero-order valence-electron chi connectivity index (χ0n) is 12.1. The number of halogens is 2. The van der Waals surface area contributed by atoms with Gasteiger partial charge in [-0.3, -0.25) is 9.48 Å². The molecule has 2 N–H and O–H groups in total. The van der Waals surface area contributed by atoms with E-state index in [1.165, 1.54) is 0 Å². The van der Waals surface area contributed by atoms with Crippen molar-refractivity contribution in [3.63, 3.8) is 0 Å². The Balaban J connectivity index is 0.00000121. The molecule has 22 heavy (non-hydrogen) atoms. The van der Waals surface area contributed by atoms with Crippen molar-refractivity contribution in [1.29, 1.82) is 0 Å². The quantitative estimate of drug-likeness (QED) is 0.872. The Bertz CT molecular complexity index is 616. The highest BCUT2D eigenvalue weighted by Gasteiger charge is 2.23. The third-order valence-electron chi connectivity index (χ3n) is 3.70. The van der Waals surface area contributed by atoms with E-state index in [9.17, 15) is 4.79 Å². The third kappa shape index (κ3) is 3.72. The predicted molar refractivity (Wildman–Crippen MR) is 92.9 cm³/mol. The number of aromatic nitrogens is 2. The van der Waals surface area contributed by atoms with E-state index >= 15 is 0 Å². The van der Waals surface area contributed by atoms with E-state index in [2.05, 4.69) is 5.10 Å². The molecule has 7 heteroatoms. The molecule has 0 aliphatic carbocycles. The highest BCUT2D eigenvalue weighted by Crippen LogP contribution is 2.31. The summed E-state index contributed by atoms with van der Waals surface area (Å²) in [4.78, 5) is 14.3. The Morgan fingerprint density at radius 2 is 2.09 bits per heavy atom. The number of hydrogen-bond donors (Lipinski definition) is 1. The molecule has 2 aromatic rings. The monoisotopic (exact) mass is 342 g/mol. The second-order valence-corrected chi connectivity index (χ2v) is 5.01. The Morgan fingerprint density at radius 1 is 1.27 bits per heavy atom. The molecule has 0 saturated heterocycles. The molecule has 1 aromatic heterocycles. The second-order valence-electron chi connectivity index (χ2n) is 5.01. The SMILES string of the molecule is Cl.Cl.Nc1cccc2c1CCCN2C(=O)CCn1cccn1. The van der Waals surface area contributed by atoms with Crippen LogP contribution in [0.3, 0.4) is 0 Å². The largest absolute Gasteiger partial charge is 0.398 e. The molecule has 0 radical (unpaired) electrons. The van der Waals surface area contributed by atoms with Crippen LogP contribution in [0.5, 0.6) is 0 Å². The summed E-state index contributed by atoms with van der Waals surface area (Å²) in [5, 5.41) is 4.12. The van der Waals surface area contributed by atoms with Gasteiger partial charge in [-0.2, -0.15) is 5.10 Å². The van der Waals surface area contributed by atoms with E-state index in [-0.39, 0.29) is 30.7 Å². The highest BCUT2D eigenvalue weighted by molar-refractivity contribution is 5.95. The normalized spacial score (nSPS) is 12.8. The lowest BCUT2D eigenvalue weighted by molar-refractivity contribution is -0.118. The first-order chi connectivity index (χ1) is 9.75. The molecule has 2 heterocycles. The molecule has 0 unspecified atom stereocenters. The van der Waals surface area contributed by atoms with Crippen molar-refractivity contribution in [2.24, 2.45) is 0 Å². The minimum atomic E-state index is 0. The smallest absolute Gasteiger partial charge is 0.228 e. The summed E-state index contributed by atoms with van der Waals surface area (Å²) in [6, 6.07) is 7.65. The summed E-state index contributed by atoms with van der Waals surface area (Å²) >= 11 is 0. The summed E-state index contributed by atoms with van der Waals surface area (Å²) in [6.07, 6.45) is 5.96. The van der Waals surface area contributed by atoms with Crippen LogP contribution < -0.4 is 10.6 Å². The van der Waals surface area contributed by atoms with Crippen molar-refractivity contribution >= 4 is 42.1 Å². The molecular weight excluding hydrogens is 323 g/mol. The van der Waals surface area contributed by atoms with E-state index in [0.29, 0.717) is 13.0 Å². The molecule has 1 aliphatic rings. The molecule has 1 amide bonds. The fraction of sp³-hybridized carbons (Fsp3) is 0.333. The average molecular weight is 343 g/mol. The first-order valence-electron chi connectivity index (χ1n) is 6.91. The molecule has 5 nitrogen and oxygen atoms in total. The van der Waals surface area contributed by atoms with E-state index in [1.54, 1.807) is 10.9 Å². The van der Waals surface area contributed by atoms with Crippen LogP contribution >= 0.6 is 24.8 Å². The van der Waals surface area contributed by atoms with Gasteiger partial charge in [-0.25, -0.2) is 0 Å². The van der Waals surface area contributed by atoms with Gasteiger partial charge in [0.25, 0.3) is 0 Å². The highest BCUT2D eigenvalue weighted by atomic mass is 35.5. The lowest BCUT2D eigenvalue weighted by atomic mass is 9.99. The van der Waals surface area contributed by atoms with Gasteiger partial charge in [0.05, 0.1) is 0 Å². The van der Waals surface area contributed by atoms with Crippen molar-refractivity contribution in [2.75, 3.05) is 17.2 Å². The number of rotatable bonds is 3. The summed E-state index contributed by atoms with van der Waals surface area (Å²) in [5.74, 6) is 0.132. The summed E-state index contributed by atoms with van der Waals surface area (Å²) in [6.45, 7) is 1.38. The summed E-state index contributed by atoms with van der Waals surface area (Å²) in [5.41, 5.74) is 8.86. The van der Waals surface area contributed by atoms with Crippen molar-refractivity contribution in [3.05, 3.63) is 42.2 Å². The van der Waals surface area contributed by atoms with E-state index in [0.717, 1.165) is 36.3 Å². The fourth-order valence-corrected chi connectivity index (χ4v) is 2.69. The van der Waals surface area contributed by atoms with Gasteiger partial charge in [-0.1, -0.05) is 6.07 Å². The van der Waals surface area contributed by atoms with Crippen LogP contribution in [0.15, 0.2) is 36.7 Å². The van der Waals surface area contributed by atoms with E-state index < -0.39 is 0 Å². The third-order valence-corrected chi connectivity index (χ3v) is 3.70. The van der Waals surface area contributed by atoms with Gasteiger partial charge in [-0.05, 0) is 36.6 Å². The van der Waals surface area contributed by atoms with Crippen LogP contribution in [0.25, 0.3) is 0 Å². The lowest BCUT2D eigenvalue weighted by Crippen LogP contribution is -2.36. The van der Waals surface area contributed by atoms with Gasteiger partial charge >= 0.3 is 0 Å². The van der Waals surface area contributed by atoms with Crippen LogP contribution in [0.1, 0.15) is 18.4 Å². The molecule has 0 saturated carbocycles. The molecule has 0 fully saturated rings. The molecule has 3 rings (SSSR count). The van der Waals surface area contributed by atoms with Gasteiger partial charge in [0.2, 0.25) is 5.91 Å². The number of benzene rings is 1. The Labute approximate surface area is 142 Å². The minimum absolute atomic E-state index is 0. The number of nitrogens with zero attached hydrogens (tertiary/aromatic N) is 3. The molecule has 0 bridgehead atoms. The molecule has 1 aromatic carbocycles. The molecule has 0 spiro atoms. The average Bonchev–Trinajstić information content (AvgIpc) is 2.98. The van der Waals surface area contributed by atoms with Gasteiger partial charge < -0.3 is 10.6 Å². The van der Waals surface area contributed by atoms with E-state index in [1.807, 2.05) is 35.4 Å². The number of carbonyl (C=O) groups is 1. The number of aryl methyl sites for hydroxylation is 1. The maximum atomic E-state index is 12.4. The minimum Gasteiger partial charge on any atom is -0.398 e. The van der Waals surface area contributed by atoms with Crippen molar-refractivity contribution in [1.82, 2.24) is 9.78 Å². The van der Waals surface area contributed by atoms with Crippen LogP contribution in [-0.2, 0) is 17.8 Å². The fourth-order valence-electron chi connectivity index (χ4n) is 2.69. The number of hydrogen-bond acceptors (Lipinski definition) is 3. The van der Waals surface area contributed by atoms with Crippen molar-refractivity contribution in [3.8, 4) is 0 Å². The molecule has 0 atom stereocenters. The molecular formula is C15H20Cl2N4O. The van der Waals surface area contributed by atoms with Gasteiger partial charge in [0.1, 0.15) is 0 Å². The van der Waals surface area contributed by atoms with Gasteiger partial charge in [-0.15, -0.1) is 24.8 Å². The zero-order chi connectivity index (χ0) is 13.9. The topological polar surface area (TPSA) is 64.2 Å². The van der Waals surface area contributed by atoms with Crippen LogP contribution in [0, 0.1) is 0 Å². The standard InChI is InChI=1S/C15H18N4O.2ClH/c16-13-5-1-6-14-12(13)4-2-10-19(14)15(20)7-11-18-9-3-8-17-18;;/h1,3,5-6,8-9H,2,4,7,10-11,16H2;2*1H. The Morgan fingerprint density at radius 3 is 2.82 bits per heavy atom. The first kappa shape index (κ1) is 18.3. The molecule has 1 aliphatic heterocycles. The number of nitrogens with two attached hydrogens (primary N) is 1. The first-order valence-corrected chi connectivity index (χ1v) is 6.91. The summed E-state index contributed by atoms with van der Waals surface area (Å²) < 4.78 is 1.78. The number of anilines is 2. The number of fused-ring (bicyclic) bond motifs is 1. The number of nitrogen functional groups attached to an aromatic ring is 1. The lowest BCUT2D eigenvalue weighted by Gasteiger charge is -2.30. The zero-order valence-corrected chi connectivity index (χ0v) is 13.8. The van der Waals surface area contributed by atoms with Crippen LogP contribution in [0.2, 0.25) is 0 Å².